The zero-order valence-electron chi connectivity index (χ0n) is 13.4. The predicted octanol–water partition coefficient (Wildman–Crippen LogP) is 3.15. The first-order valence-corrected chi connectivity index (χ1v) is 8.10. The van der Waals surface area contributed by atoms with Crippen LogP contribution in [-0.2, 0) is 0 Å². The van der Waals surface area contributed by atoms with Gasteiger partial charge in [-0.15, -0.1) is 0 Å². The third-order valence-electron chi connectivity index (χ3n) is 3.24. The number of alkyl halides is 1. The van der Waals surface area contributed by atoms with Gasteiger partial charge in [0.2, 0.25) is 0 Å². The molecule has 0 aromatic heterocycles. The van der Waals surface area contributed by atoms with Crippen LogP contribution in [0.15, 0.2) is 35.7 Å². The van der Waals surface area contributed by atoms with E-state index in [4.69, 9.17) is 27.9 Å². The van der Waals surface area contributed by atoms with Crippen LogP contribution in [-0.4, -0.2) is 34.4 Å². The van der Waals surface area contributed by atoms with E-state index in [1.54, 1.807) is 26.0 Å². The minimum atomic E-state index is -1.04. The van der Waals surface area contributed by atoms with Gasteiger partial charge in [-0.1, -0.05) is 29.1 Å². The van der Waals surface area contributed by atoms with Crippen LogP contribution in [0.25, 0.3) is 0 Å². The van der Waals surface area contributed by atoms with Gasteiger partial charge in [0, 0.05) is 10.7 Å². The molecule has 6 heteroatoms. The molecule has 1 aliphatic heterocycles. The van der Waals surface area contributed by atoms with E-state index in [1.165, 1.54) is 0 Å². The van der Waals surface area contributed by atoms with Gasteiger partial charge in [-0.05, 0) is 51.0 Å². The molecule has 1 unspecified atom stereocenters. The van der Waals surface area contributed by atoms with Crippen LogP contribution in [0.5, 0.6) is 5.75 Å². The van der Waals surface area contributed by atoms with E-state index in [1.807, 2.05) is 24.0 Å². The van der Waals surface area contributed by atoms with Gasteiger partial charge >= 0.3 is 0 Å². The van der Waals surface area contributed by atoms with Crippen molar-refractivity contribution >= 4 is 23.2 Å². The van der Waals surface area contributed by atoms with Crippen molar-refractivity contribution in [2.45, 2.75) is 32.0 Å². The molecular formula is C17H20Cl2N2O2. The highest BCUT2D eigenvalue weighted by Gasteiger charge is 2.26. The average molecular weight is 355 g/mol. The third kappa shape index (κ3) is 5.24. The lowest BCUT2D eigenvalue weighted by atomic mass is 10.1. The van der Waals surface area contributed by atoms with Crippen molar-refractivity contribution in [3.05, 3.63) is 40.7 Å². The van der Waals surface area contributed by atoms with Crippen molar-refractivity contribution in [2.75, 3.05) is 13.2 Å². The highest BCUT2D eigenvalue weighted by atomic mass is 35.5. The molecule has 0 saturated heterocycles. The van der Waals surface area contributed by atoms with Crippen LogP contribution in [0.3, 0.4) is 0 Å². The van der Waals surface area contributed by atoms with Crippen molar-refractivity contribution < 1.29 is 9.84 Å². The summed E-state index contributed by atoms with van der Waals surface area (Å²) < 4.78 is 5.68. The van der Waals surface area contributed by atoms with Crippen LogP contribution >= 0.6 is 23.2 Å². The molecule has 0 saturated carbocycles. The Labute approximate surface area is 147 Å². The molecule has 1 aromatic carbocycles. The first-order chi connectivity index (χ1) is 10.8. The molecular weight excluding hydrogens is 335 g/mol. The Morgan fingerprint density at radius 3 is 2.61 bits per heavy atom. The van der Waals surface area contributed by atoms with Gasteiger partial charge in [-0.2, -0.15) is 0 Å². The minimum Gasteiger partial charge on any atom is -0.492 e. The number of allylic oxidation sites excluding steroid dienone is 2. The topological polar surface area (TPSA) is 44.7 Å². The SMILES string of the molecule is CC1=C(C#CC(C)(C)O)NC(Cl)N1CCOc1ccc(Cl)cc1. The largest absolute Gasteiger partial charge is 0.492 e. The molecule has 0 amide bonds. The summed E-state index contributed by atoms with van der Waals surface area (Å²) in [6.45, 7) is 6.31. The number of rotatable bonds is 4. The Hall–Kier alpha value is -1.54. The maximum absolute atomic E-state index is 9.68. The zero-order chi connectivity index (χ0) is 17.0. The Kier molecular flexibility index (Phi) is 5.69. The van der Waals surface area contributed by atoms with E-state index in [0.717, 1.165) is 17.1 Å². The zero-order valence-corrected chi connectivity index (χ0v) is 14.9. The van der Waals surface area contributed by atoms with E-state index >= 15 is 0 Å². The second-order valence-electron chi connectivity index (χ2n) is 5.75. The first kappa shape index (κ1) is 17.8. The van der Waals surface area contributed by atoms with E-state index in [-0.39, 0.29) is 5.62 Å². The van der Waals surface area contributed by atoms with Gasteiger partial charge in [0.1, 0.15) is 23.7 Å². The third-order valence-corrected chi connectivity index (χ3v) is 3.83. The molecule has 0 aliphatic carbocycles. The monoisotopic (exact) mass is 354 g/mol. The number of ether oxygens (including phenoxy) is 1. The highest BCUT2D eigenvalue weighted by molar-refractivity contribution is 6.30. The standard InChI is InChI=1S/C17H20Cl2N2O2/c1-12-15(8-9-17(2,3)22)20-16(19)21(12)10-11-23-14-6-4-13(18)5-7-14/h4-7,16,20,22H,10-11H2,1-3H3. The van der Waals surface area contributed by atoms with Gasteiger partial charge in [0.15, 0.2) is 5.62 Å². The fourth-order valence-electron chi connectivity index (χ4n) is 2.03. The number of benzene rings is 1. The van der Waals surface area contributed by atoms with Gasteiger partial charge in [0.25, 0.3) is 0 Å². The second-order valence-corrected chi connectivity index (χ2v) is 6.60. The van der Waals surface area contributed by atoms with Crippen molar-refractivity contribution in [3.8, 4) is 17.6 Å². The Morgan fingerprint density at radius 1 is 1.35 bits per heavy atom. The molecule has 0 fully saturated rings. The summed E-state index contributed by atoms with van der Waals surface area (Å²) in [4.78, 5) is 1.96. The number of nitrogens with zero attached hydrogens (tertiary/aromatic N) is 1. The molecule has 1 aliphatic rings. The second kappa shape index (κ2) is 7.35. The number of hydrogen-bond donors (Lipinski definition) is 2. The van der Waals surface area contributed by atoms with Gasteiger partial charge in [0.05, 0.1) is 6.54 Å². The van der Waals surface area contributed by atoms with Gasteiger partial charge in [-0.3, -0.25) is 0 Å². The number of aliphatic hydroxyl groups is 1. The van der Waals surface area contributed by atoms with E-state index in [9.17, 15) is 5.11 Å². The summed E-state index contributed by atoms with van der Waals surface area (Å²) >= 11 is 12.1. The quantitative estimate of drug-likeness (QED) is 0.495. The minimum absolute atomic E-state index is 0.380. The average Bonchev–Trinajstić information content (AvgIpc) is 2.74. The summed E-state index contributed by atoms with van der Waals surface area (Å²) in [5.74, 6) is 6.47. The molecule has 0 radical (unpaired) electrons. The van der Waals surface area contributed by atoms with Crippen molar-refractivity contribution in [2.24, 2.45) is 0 Å². The van der Waals surface area contributed by atoms with Crippen molar-refractivity contribution in [1.82, 2.24) is 10.2 Å². The fraction of sp³-hybridized carbons (Fsp3) is 0.412. The lowest BCUT2D eigenvalue weighted by molar-refractivity contribution is 0.143. The fourth-order valence-corrected chi connectivity index (χ4v) is 2.51. The van der Waals surface area contributed by atoms with Gasteiger partial charge < -0.3 is 20.1 Å². The van der Waals surface area contributed by atoms with E-state index in [0.29, 0.717) is 18.2 Å². The molecule has 1 heterocycles. The summed E-state index contributed by atoms with van der Waals surface area (Å²) in [5.41, 5.74) is 0.233. The molecule has 0 spiro atoms. The summed E-state index contributed by atoms with van der Waals surface area (Å²) in [6.07, 6.45) is 0. The maximum Gasteiger partial charge on any atom is 0.178 e. The van der Waals surface area contributed by atoms with E-state index < -0.39 is 5.60 Å². The summed E-state index contributed by atoms with van der Waals surface area (Å²) in [5, 5.41) is 13.5. The van der Waals surface area contributed by atoms with Crippen LogP contribution in [0.2, 0.25) is 5.02 Å². The number of halogens is 2. The molecule has 0 bridgehead atoms. The van der Waals surface area contributed by atoms with Crippen molar-refractivity contribution in [1.29, 1.82) is 0 Å². The summed E-state index contributed by atoms with van der Waals surface area (Å²) in [7, 11) is 0. The Balaban J connectivity index is 1.95. The van der Waals surface area contributed by atoms with Crippen LogP contribution in [0.4, 0.5) is 0 Å². The van der Waals surface area contributed by atoms with Gasteiger partial charge in [-0.25, -0.2) is 0 Å². The van der Waals surface area contributed by atoms with Crippen LogP contribution in [0.1, 0.15) is 20.8 Å². The van der Waals surface area contributed by atoms with Crippen LogP contribution < -0.4 is 10.1 Å². The molecule has 1 aromatic rings. The molecule has 1 atom stereocenters. The normalized spacial score (nSPS) is 17.7. The Morgan fingerprint density at radius 2 is 2.00 bits per heavy atom. The predicted molar refractivity (Wildman–Crippen MR) is 93.2 cm³/mol. The van der Waals surface area contributed by atoms with Crippen molar-refractivity contribution in [3.63, 3.8) is 0 Å². The smallest absolute Gasteiger partial charge is 0.178 e. The summed E-state index contributed by atoms with van der Waals surface area (Å²) in [6, 6.07) is 7.22. The molecule has 4 nitrogen and oxygen atoms in total. The first-order valence-electron chi connectivity index (χ1n) is 7.28. The highest BCUT2D eigenvalue weighted by Crippen LogP contribution is 2.22. The number of hydrogen-bond acceptors (Lipinski definition) is 4. The molecule has 2 N–H and O–H groups in total. The lowest BCUT2D eigenvalue weighted by Crippen LogP contribution is -2.35. The Bertz CT molecular complexity index is 639. The number of nitrogens with one attached hydrogen (secondary N) is 1. The molecule has 2 rings (SSSR count). The maximum atomic E-state index is 9.68. The molecule has 124 valence electrons. The van der Waals surface area contributed by atoms with E-state index in [2.05, 4.69) is 17.2 Å². The lowest BCUT2D eigenvalue weighted by Gasteiger charge is -2.23. The van der Waals surface area contributed by atoms with Crippen LogP contribution in [0, 0.1) is 11.8 Å². The molecule has 23 heavy (non-hydrogen) atoms.